The molecule has 2 heterocycles. The van der Waals surface area contributed by atoms with Gasteiger partial charge < -0.3 is 14.2 Å². The molecule has 2 aromatic rings. The molecule has 1 aliphatic heterocycles. The Hall–Kier alpha value is -2.70. The van der Waals surface area contributed by atoms with Gasteiger partial charge in [0, 0.05) is 31.6 Å². The van der Waals surface area contributed by atoms with Crippen LogP contribution in [0.5, 0.6) is 0 Å². The number of hydrogen-bond acceptors (Lipinski definition) is 5. The average Bonchev–Trinajstić information content (AvgIpc) is 3.32. The van der Waals surface area contributed by atoms with Crippen molar-refractivity contribution in [1.29, 1.82) is 0 Å². The fraction of sp³-hybridized carbons (Fsp3) is 0.524. The number of amides is 2. The zero-order chi connectivity index (χ0) is 20.3. The highest BCUT2D eigenvalue weighted by atomic mass is 16.4. The molecule has 7 nitrogen and oxygen atoms in total. The van der Waals surface area contributed by atoms with Crippen molar-refractivity contribution in [3.63, 3.8) is 0 Å². The highest BCUT2D eigenvalue weighted by Gasteiger charge is 2.37. The molecule has 0 N–H and O–H groups in total. The molecule has 7 heteroatoms. The first-order chi connectivity index (χ1) is 13.4. The molecule has 1 atom stereocenters. The lowest BCUT2D eigenvalue weighted by Gasteiger charge is -2.23. The van der Waals surface area contributed by atoms with Crippen LogP contribution in [-0.4, -0.2) is 40.0 Å². The summed E-state index contributed by atoms with van der Waals surface area (Å²) < 4.78 is 5.53. The molecule has 0 saturated carbocycles. The largest absolute Gasteiger partial charge is 0.423 e. The van der Waals surface area contributed by atoms with Gasteiger partial charge in [0.2, 0.25) is 23.6 Å². The molecule has 150 valence electrons. The van der Waals surface area contributed by atoms with E-state index in [4.69, 9.17) is 4.42 Å². The average molecular weight is 384 g/mol. The lowest BCUT2D eigenvalue weighted by Crippen LogP contribution is -2.37. The van der Waals surface area contributed by atoms with E-state index >= 15 is 0 Å². The third-order valence-electron chi connectivity index (χ3n) is 5.18. The van der Waals surface area contributed by atoms with Crippen LogP contribution in [0.15, 0.2) is 28.7 Å². The second-order valence-electron chi connectivity index (χ2n) is 7.45. The zero-order valence-corrected chi connectivity index (χ0v) is 17.0. The first-order valence-electron chi connectivity index (χ1n) is 9.93. The molecule has 0 bridgehead atoms. The molecular weight excluding hydrogens is 356 g/mol. The summed E-state index contributed by atoms with van der Waals surface area (Å²) in [6, 6.07) is 8.01. The van der Waals surface area contributed by atoms with E-state index in [1.807, 2.05) is 38.1 Å². The van der Waals surface area contributed by atoms with Gasteiger partial charge in [0.15, 0.2) is 0 Å². The molecule has 2 amide bonds. The third kappa shape index (κ3) is 4.24. The fourth-order valence-corrected chi connectivity index (χ4v) is 3.42. The molecule has 1 aromatic heterocycles. The van der Waals surface area contributed by atoms with Gasteiger partial charge in [-0.3, -0.25) is 9.59 Å². The van der Waals surface area contributed by atoms with Gasteiger partial charge in [-0.15, -0.1) is 10.2 Å². The maximum atomic E-state index is 13.0. The van der Waals surface area contributed by atoms with Crippen molar-refractivity contribution in [3.05, 3.63) is 41.6 Å². The number of aryl methyl sites for hydroxylation is 1. The smallest absolute Gasteiger partial charge is 0.235 e. The molecule has 3 rings (SSSR count). The Morgan fingerprint density at radius 1 is 1.21 bits per heavy atom. The van der Waals surface area contributed by atoms with Crippen LogP contribution in [0.4, 0.5) is 5.69 Å². The van der Waals surface area contributed by atoms with Crippen molar-refractivity contribution in [2.24, 2.45) is 5.92 Å². The molecule has 0 radical (unpaired) electrons. The molecule has 1 aliphatic rings. The van der Waals surface area contributed by atoms with E-state index < -0.39 is 0 Å². The lowest BCUT2D eigenvalue weighted by atomic mass is 10.0. The Morgan fingerprint density at radius 2 is 1.89 bits per heavy atom. The minimum absolute atomic E-state index is 0.0160. The van der Waals surface area contributed by atoms with Gasteiger partial charge in [0.05, 0.1) is 12.5 Å². The Labute approximate surface area is 165 Å². The van der Waals surface area contributed by atoms with Gasteiger partial charge in [-0.05, 0) is 30.5 Å². The molecular formula is C21H28N4O3. The van der Waals surface area contributed by atoms with Gasteiger partial charge in [-0.1, -0.05) is 32.9 Å². The van der Waals surface area contributed by atoms with Crippen LogP contribution in [0.2, 0.25) is 0 Å². The Bertz CT molecular complexity index is 828. The van der Waals surface area contributed by atoms with Crippen molar-refractivity contribution in [2.75, 3.05) is 18.0 Å². The van der Waals surface area contributed by atoms with Crippen LogP contribution < -0.4 is 4.90 Å². The van der Waals surface area contributed by atoms with E-state index in [9.17, 15) is 9.59 Å². The first-order valence-corrected chi connectivity index (χ1v) is 9.93. The summed E-state index contributed by atoms with van der Waals surface area (Å²) in [5.41, 5.74) is 2.07. The fourth-order valence-electron chi connectivity index (χ4n) is 3.42. The highest BCUT2D eigenvalue weighted by molar-refractivity contribution is 6.00. The SMILES string of the molecule is CCc1nnc(CN(CC)C(=O)[C@H]2CC(=O)N(c3ccc(C(C)C)cc3)C2)o1. The minimum Gasteiger partial charge on any atom is -0.423 e. The number of aromatic nitrogens is 2. The van der Waals surface area contributed by atoms with Crippen LogP contribution in [0.1, 0.15) is 57.4 Å². The minimum atomic E-state index is -0.356. The first kappa shape index (κ1) is 20.0. The van der Waals surface area contributed by atoms with Crippen LogP contribution in [0.3, 0.4) is 0 Å². The summed E-state index contributed by atoms with van der Waals surface area (Å²) in [6.45, 7) is 9.32. The maximum Gasteiger partial charge on any atom is 0.235 e. The molecule has 0 spiro atoms. The summed E-state index contributed by atoms with van der Waals surface area (Å²) in [5, 5.41) is 7.94. The summed E-state index contributed by atoms with van der Waals surface area (Å²) in [6.07, 6.45) is 0.889. The monoisotopic (exact) mass is 384 g/mol. The Balaban J connectivity index is 1.67. The quantitative estimate of drug-likeness (QED) is 0.733. The molecule has 1 aromatic carbocycles. The number of carbonyl (C=O) groups excluding carboxylic acids is 2. The van der Waals surface area contributed by atoms with E-state index in [1.54, 1.807) is 9.80 Å². The molecule has 1 fully saturated rings. The van der Waals surface area contributed by atoms with Crippen molar-refractivity contribution in [1.82, 2.24) is 15.1 Å². The summed E-state index contributed by atoms with van der Waals surface area (Å²) in [5.74, 6) is 1.01. The van der Waals surface area contributed by atoms with Gasteiger partial charge in [-0.2, -0.15) is 0 Å². The Morgan fingerprint density at radius 3 is 2.46 bits per heavy atom. The molecule has 1 saturated heterocycles. The predicted molar refractivity (Wildman–Crippen MR) is 106 cm³/mol. The van der Waals surface area contributed by atoms with E-state index in [0.717, 1.165) is 5.69 Å². The van der Waals surface area contributed by atoms with Gasteiger partial charge in [0.25, 0.3) is 0 Å². The number of hydrogen-bond donors (Lipinski definition) is 0. The van der Waals surface area contributed by atoms with Crippen molar-refractivity contribution in [3.8, 4) is 0 Å². The van der Waals surface area contributed by atoms with E-state index in [-0.39, 0.29) is 30.7 Å². The van der Waals surface area contributed by atoms with Crippen molar-refractivity contribution in [2.45, 2.75) is 53.0 Å². The highest BCUT2D eigenvalue weighted by Crippen LogP contribution is 2.28. The zero-order valence-electron chi connectivity index (χ0n) is 17.0. The number of rotatable bonds is 7. The summed E-state index contributed by atoms with van der Waals surface area (Å²) in [4.78, 5) is 28.9. The summed E-state index contributed by atoms with van der Waals surface area (Å²) in [7, 11) is 0. The number of carbonyl (C=O) groups is 2. The molecule has 28 heavy (non-hydrogen) atoms. The van der Waals surface area contributed by atoms with Gasteiger partial charge >= 0.3 is 0 Å². The Kier molecular flexibility index (Phi) is 6.11. The van der Waals surface area contributed by atoms with E-state index in [2.05, 4.69) is 24.0 Å². The van der Waals surface area contributed by atoms with Crippen LogP contribution >= 0.6 is 0 Å². The maximum absolute atomic E-state index is 13.0. The van der Waals surface area contributed by atoms with E-state index in [0.29, 0.717) is 37.2 Å². The second kappa shape index (κ2) is 8.54. The summed E-state index contributed by atoms with van der Waals surface area (Å²) >= 11 is 0. The van der Waals surface area contributed by atoms with Gasteiger partial charge in [-0.25, -0.2) is 0 Å². The molecule has 0 aliphatic carbocycles. The predicted octanol–water partition coefficient (Wildman–Crippen LogP) is 3.16. The van der Waals surface area contributed by atoms with Crippen LogP contribution in [-0.2, 0) is 22.6 Å². The second-order valence-corrected chi connectivity index (χ2v) is 7.45. The normalized spacial score (nSPS) is 16.8. The topological polar surface area (TPSA) is 79.5 Å². The number of benzene rings is 1. The standard InChI is InChI=1S/C21H28N4O3/c1-5-18-22-23-19(28-18)13-24(6-2)21(27)16-11-20(26)25(12-16)17-9-7-15(8-10-17)14(3)4/h7-10,14,16H,5-6,11-13H2,1-4H3/t16-/m0/s1. The van der Waals surface area contributed by atoms with E-state index in [1.165, 1.54) is 5.56 Å². The number of nitrogens with zero attached hydrogens (tertiary/aromatic N) is 4. The van der Waals surface area contributed by atoms with Crippen LogP contribution in [0, 0.1) is 5.92 Å². The van der Waals surface area contributed by atoms with Gasteiger partial charge in [0.1, 0.15) is 0 Å². The van der Waals surface area contributed by atoms with Crippen LogP contribution in [0.25, 0.3) is 0 Å². The third-order valence-corrected chi connectivity index (χ3v) is 5.18. The molecule has 0 unspecified atom stereocenters. The lowest BCUT2D eigenvalue weighted by molar-refractivity contribution is -0.136. The van der Waals surface area contributed by atoms with Crippen molar-refractivity contribution >= 4 is 17.5 Å². The van der Waals surface area contributed by atoms with Crippen molar-refractivity contribution < 1.29 is 14.0 Å². The number of anilines is 1.